The molecule has 18 heavy (non-hydrogen) atoms. The Morgan fingerprint density at radius 3 is 2.83 bits per heavy atom. The summed E-state index contributed by atoms with van der Waals surface area (Å²) < 4.78 is 5.38. The maximum atomic E-state index is 5.38. The zero-order chi connectivity index (χ0) is 12.4. The smallest absolute Gasteiger partial charge is 0.129 e. The molecule has 3 heteroatoms. The van der Waals surface area contributed by atoms with Gasteiger partial charge < -0.3 is 10.1 Å². The molecule has 1 saturated heterocycles. The Kier molecular flexibility index (Phi) is 3.15. The fourth-order valence-electron chi connectivity index (χ4n) is 2.40. The molecule has 3 nitrogen and oxygen atoms in total. The van der Waals surface area contributed by atoms with Crippen molar-refractivity contribution in [2.45, 2.75) is 25.8 Å². The van der Waals surface area contributed by atoms with E-state index in [4.69, 9.17) is 9.72 Å². The number of benzene rings is 1. The monoisotopic (exact) mass is 242 g/mol. The number of anilines is 1. The van der Waals surface area contributed by atoms with Crippen molar-refractivity contribution in [2.75, 3.05) is 18.5 Å². The minimum absolute atomic E-state index is 0.492. The number of aromatic nitrogens is 1. The second kappa shape index (κ2) is 4.94. The van der Waals surface area contributed by atoms with E-state index in [-0.39, 0.29) is 0 Å². The van der Waals surface area contributed by atoms with E-state index in [2.05, 4.69) is 36.5 Å². The van der Waals surface area contributed by atoms with E-state index in [1.54, 1.807) is 0 Å². The third-order valence-electron chi connectivity index (χ3n) is 3.48. The molecule has 0 spiro atoms. The quantitative estimate of drug-likeness (QED) is 0.878. The van der Waals surface area contributed by atoms with Crippen LogP contribution in [0.4, 0.5) is 5.82 Å². The molecule has 3 rings (SSSR count). The van der Waals surface area contributed by atoms with Crippen molar-refractivity contribution < 1.29 is 4.74 Å². The Morgan fingerprint density at radius 1 is 1.22 bits per heavy atom. The van der Waals surface area contributed by atoms with Crippen molar-refractivity contribution in [2.24, 2.45) is 0 Å². The van der Waals surface area contributed by atoms with Gasteiger partial charge >= 0.3 is 0 Å². The Labute approximate surface area is 107 Å². The second-order valence-corrected chi connectivity index (χ2v) is 4.88. The first-order valence-electron chi connectivity index (χ1n) is 6.53. The molecule has 0 radical (unpaired) electrons. The Hall–Kier alpha value is -1.61. The molecule has 1 aromatic carbocycles. The standard InChI is InChI=1S/C15H18N2O/c1-11-10-12-4-2-3-5-14(12)17-15(11)16-13-6-8-18-9-7-13/h2-5,10,13H,6-9H2,1H3,(H,16,17). The van der Waals surface area contributed by atoms with Crippen molar-refractivity contribution in [3.63, 3.8) is 0 Å². The lowest BCUT2D eigenvalue weighted by molar-refractivity contribution is 0.0904. The minimum atomic E-state index is 0.492. The van der Waals surface area contributed by atoms with Gasteiger partial charge in [0.2, 0.25) is 0 Å². The molecule has 0 amide bonds. The highest BCUT2D eigenvalue weighted by atomic mass is 16.5. The van der Waals surface area contributed by atoms with Crippen LogP contribution in [0.1, 0.15) is 18.4 Å². The number of rotatable bonds is 2. The fourth-order valence-corrected chi connectivity index (χ4v) is 2.40. The van der Waals surface area contributed by atoms with Gasteiger partial charge in [-0.2, -0.15) is 0 Å². The normalized spacial score (nSPS) is 16.9. The molecule has 1 fully saturated rings. The fraction of sp³-hybridized carbons (Fsp3) is 0.400. The molecule has 94 valence electrons. The van der Waals surface area contributed by atoms with Gasteiger partial charge in [0.05, 0.1) is 5.52 Å². The summed E-state index contributed by atoms with van der Waals surface area (Å²) in [7, 11) is 0. The van der Waals surface area contributed by atoms with Crippen molar-refractivity contribution in [1.29, 1.82) is 0 Å². The number of pyridine rings is 1. The van der Waals surface area contributed by atoms with E-state index < -0.39 is 0 Å². The van der Waals surface area contributed by atoms with Crippen LogP contribution in [0.15, 0.2) is 30.3 Å². The zero-order valence-corrected chi connectivity index (χ0v) is 10.6. The van der Waals surface area contributed by atoms with Crippen molar-refractivity contribution in [3.05, 3.63) is 35.9 Å². The van der Waals surface area contributed by atoms with Crippen LogP contribution in [0.2, 0.25) is 0 Å². The first-order valence-corrected chi connectivity index (χ1v) is 6.53. The molecule has 2 aromatic rings. The van der Waals surface area contributed by atoms with E-state index in [0.717, 1.165) is 37.4 Å². The summed E-state index contributed by atoms with van der Waals surface area (Å²) in [6, 6.07) is 10.9. The van der Waals surface area contributed by atoms with Crippen molar-refractivity contribution >= 4 is 16.7 Å². The van der Waals surface area contributed by atoms with Gasteiger partial charge in [-0.25, -0.2) is 4.98 Å². The van der Waals surface area contributed by atoms with Crippen LogP contribution in [-0.2, 0) is 4.74 Å². The van der Waals surface area contributed by atoms with Crippen LogP contribution >= 0.6 is 0 Å². The average Bonchev–Trinajstić information content (AvgIpc) is 2.41. The lowest BCUT2D eigenvalue weighted by Crippen LogP contribution is -2.28. The number of ether oxygens (including phenoxy) is 1. The van der Waals surface area contributed by atoms with Crippen LogP contribution in [0.5, 0.6) is 0 Å². The predicted octanol–water partition coefficient (Wildman–Crippen LogP) is 3.13. The van der Waals surface area contributed by atoms with Gasteiger partial charge in [0.15, 0.2) is 0 Å². The maximum Gasteiger partial charge on any atom is 0.129 e. The summed E-state index contributed by atoms with van der Waals surface area (Å²) >= 11 is 0. The maximum absolute atomic E-state index is 5.38. The predicted molar refractivity (Wildman–Crippen MR) is 73.9 cm³/mol. The third-order valence-corrected chi connectivity index (χ3v) is 3.48. The topological polar surface area (TPSA) is 34.2 Å². The second-order valence-electron chi connectivity index (χ2n) is 4.88. The first-order chi connectivity index (χ1) is 8.83. The van der Waals surface area contributed by atoms with Gasteiger partial charge in [0.25, 0.3) is 0 Å². The van der Waals surface area contributed by atoms with Gasteiger partial charge in [-0.15, -0.1) is 0 Å². The Bertz CT molecular complexity index is 547. The molecule has 1 aliphatic rings. The zero-order valence-electron chi connectivity index (χ0n) is 10.6. The van der Waals surface area contributed by atoms with E-state index in [0.29, 0.717) is 6.04 Å². The number of hydrogen-bond donors (Lipinski definition) is 1. The van der Waals surface area contributed by atoms with Gasteiger partial charge in [-0.1, -0.05) is 18.2 Å². The average molecular weight is 242 g/mol. The number of hydrogen-bond acceptors (Lipinski definition) is 3. The molecule has 1 aliphatic heterocycles. The SMILES string of the molecule is Cc1cc2ccccc2nc1NC1CCOCC1. The number of nitrogens with one attached hydrogen (secondary N) is 1. The molecular formula is C15H18N2O. The van der Waals surface area contributed by atoms with Crippen LogP contribution < -0.4 is 5.32 Å². The molecule has 0 unspecified atom stereocenters. The lowest BCUT2D eigenvalue weighted by atomic mass is 10.1. The summed E-state index contributed by atoms with van der Waals surface area (Å²) in [5.74, 6) is 1.01. The highest BCUT2D eigenvalue weighted by Gasteiger charge is 2.15. The van der Waals surface area contributed by atoms with Crippen molar-refractivity contribution in [1.82, 2.24) is 4.98 Å². The summed E-state index contributed by atoms with van der Waals surface area (Å²) in [4.78, 5) is 4.72. The third kappa shape index (κ3) is 2.31. The van der Waals surface area contributed by atoms with E-state index in [1.165, 1.54) is 10.9 Å². The highest BCUT2D eigenvalue weighted by Crippen LogP contribution is 2.21. The number of para-hydroxylation sites is 1. The number of fused-ring (bicyclic) bond motifs is 1. The molecular weight excluding hydrogens is 224 g/mol. The molecule has 1 aromatic heterocycles. The molecule has 2 heterocycles. The van der Waals surface area contributed by atoms with Crippen LogP contribution in [0.25, 0.3) is 10.9 Å². The molecule has 0 aliphatic carbocycles. The molecule has 0 atom stereocenters. The largest absolute Gasteiger partial charge is 0.381 e. The van der Waals surface area contributed by atoms with Gasteiger partial charge in [-0.05, 0) is 37.5 Å². The van der Waals surface area contributed by atoms with E-state index in [9.17, 15) is 0 Å². The van der Waals surface area contributed by atoms with E-state index in [1.807, 2.05) is 6.07 Å². The first kappa shape index (κ1) is 11.5. The summed E-state index contributed by atoms with van der Waals surface area (Å²) in [6.07, 6.45) is 2.13. The Balaban J connectivity index is 1.88. The van der Waals surface area contributed by atoms with E-state index >= 15 is 0 Å². The highest BCUT2D eigenvalue weighted by molar-refractivity contribution is 5.81. The molecule has 0 saturated carbocycles. The van der Waals surface area contributed by atoms with Crippen LogP contribution in [0.3, 0.4) is 0 Å². The van der Waals surface area contributed by atoms with Crippen LogP contribution in [0, 0.1) is 6.92 Å². The van der Waals surface area contributed by atoms with Crippen molar-refractivity contribution in [3.8, 4) is 0 Å². The number of nitrogens with zero attached hydrogens (tertiary/aromatic N) is 1. The summed E-state index contributed by atoms with van der Waals surface area (Å²) in [5, 5.41) is 4.75. The summed E-state index contributed by atoms with van der Waals surface area (Å²) in [5.41, 5.74) is 2.26. The summed E-state index contributed by atoms with van der Waals surface area (Å²) in [6.45, 7) is 3.82. The number of aryl methyl sites for hydroxylation is 1. The van der Waals surface area contributed by atoms with Gasteiger partial charge in [0, 0.05) is 24.6 Å². The minimum Gasteiger partial charge on any atom is -0.381 e. The lowest BCUT2D eigenvalue weighted by Gasteiger charge is -2.24. The van der Waals surface area contributed by atoms with Gasteiger partial charge in [-0.3, -0.25) is 0 Å². The van der Waals surface area contributed by atoms with Crippen LogP contribution in [-0.4, -0.2) is 24.2 Å². The molecule has 0 bridgehead atoms. The van der Waals surface area contributed by atoms with Gasteiger partial charge in [0.1, 0.15) is 5.82 Å². The molecule has 1 N–H and O–H groups in total. The Morgan fingerprint density at radius 2 is 2.00 bits per heavy atom.